The predicted molar refractivity (Wildman–Crippen MR) is 487 cm³/mol. The van der Waals surface area contributed by atoms with Crippen LogP contribution < -0.4 is 90.8 Å². The zero-order chi connectivity index (χ0) is 100. The molecular weight excluding hydrogens is 1900 g/mol. The molecule has 139 heavy (non-hydrogen) atoms. The number of rotatable bonds is 35. The second-order valence-corrected chi connectivity index (χ2v) is 30.0. The van der Waals surface area contributed by atoms with Gasteiger partial charge in [-0.3, -0.25) is 58.5 Å². The van der Waals surface area contributed by atoms with Gasteiger partial charge in [-0.2, -0.15) is 52.7 Å². The van der Waals surface area contributed by atoms with Gasteiger partial charge in [0.05, 0.1) is 121 Å². The summed E-state index contributed by atoms with van der Waals surface area (Å²) in [6.07, 6.45) is -7.55. The Balaban J connectivity index is 0.000000192. The number of carbonyl (C=O) groups is 7. The lowest BCUT2D eigenvalue weighted by atomic mass is 10.0. The molecule has 0 radical (unpaired) electrons. The number of hydrogen-bond donors (Lipinski definition) is 8. The number of methoxy groups -OCH3 is 4. The summed E-state index contributed by atoms with van der Waals surface area (Å²) >= 11 is 11.9. The summed E-state index contributed by atoms with van der Waals surface area (Å²) in [6.45, 7) is 0.750. The van der Waals surface area contributed by atoms with Crippen molar-refractivity contribution in [1.82, 2.24) is 47.5 Å². The van der Waals surface area contributed by atoms with E-state index < -0.39 is 65.8 Å². The van der Waals surface area contributed by atoms with Gasteiger partial charge in [0.15, 0.2) is 6.61 Å². The number of pyridine rings is 1. The molecule has 0 spiro atoms. The van der Waals surface area contributed by atoms with Gasteiger partial charge in [-0.25, -0.2) is 4.79 Å². The van der Waals surface area contributed by atoms with Gasteiger partial charge in [-0.1, -0.05) is 65.7 Å². The summed E-state index contributed by atoms with van der Waals surface area (Å²) in [4.78, 5) is 115. The van der Waals surface area contributed by atoms with Crippen LogP contribution >= 0.6 is 23.2 Å². The van der Waals surface area contributed by atoms with Crippen LogP contribution in [0.2, 0.25) is 10.0 Å². The van der Waals surface area contributed by atoms with Crippen LogP contribution in [0.15, 0.2) is 222 Å². The minimum absolute atomic E-state index is 0.0216. The highest BCUT2D eigenvalue weighted by Gasteiger charge is 2.41. The zero-order valence-electron chi connectivity index (χ0n) is 73.9. The number of aromatic nitrogens is 1. The standard InChI is InChI=1S/C26H22F3N3O6.C24H22Cl2F3N3O5.C22H21F3N4O4.C21H22F3N3O4/c1-36-19-8-4-9-20(37-11-5-10-30-25(35)26(27,28)29)22(19)16-13-21(31-14-16)32-23(33)17-12-15-6-2-3-7-18(15)38-24(17)34;1-35-18-4-2-5-19(36-9-3-8-30-23(34)24(27,28)29)22(18)14-10-20(31-12-14)32-21(33)13-37-17-7-6-15(25)11-16(17)26;1-32-16-4-2-5-17(33-11-3-8-27-21(31)22(23,24)25)19(16)15-12-18(28-13-15)29-20(30)14-6-9-26-10-7-14;1-29-16-6-2-7-17(31-10-4-8-25-20(28)21(22,23)24)19(16)14-11-18(26-12-14)27-13-15-5-3-9-30-15/h2-4,6-9,12-13H,5,10-11,14H2,1H3,(H,30,35)(H,31,32,33);2,4-7,10-11H,3,8-9,12-13H2,1H3,(H,30,34)(H,31,32,33);2,4-7,9-10,12H,3,8,11,13H2,1H3,(H,27,31)(H,28,29,30);2-3,5-7,9,11H,4,8,10,12-13H2,1H3,(H,25,28)(H,26,27). The lowest BCUT2D eigenvalue weighted by Crippen LogP contribution is -2.37. The molecule has 0 aliphatic carbocycles. The van der Waals surface area contributed by atoms with Crippen LogP contribution in [0.4, 0.5) is 52.7 Å². The molecule has 4 aliphatic heterocycles. The maximum Gasteiger partial charge on any atom is 0.471 e. The van der Waals surface area contributed by atoms with Crippen molar-refractivity contribution in [1.29, 1.82) is 0 Å². The Morgan fingerprint density at radius 3 is 1.16 bits per heavy atom. The van der Waals surface area contributed by atoms with Crippen molar-refractivity contribution in [2.75, 3.05) is 114 Å². The van der Waals surface area contributed by atoms with E-state index in [9.17, 15) is 91.0 Å². The van der Waals surface area contributed by atoms with Gasteiger partial charge < -0.3 is 94.0 Å². The number of fused-ring (bicyclic) bond motifs is 1. The van der Waals surface area contributed by atoms with Crippen molar-refractivity contribution in [3.63, 3.8) is 0 Å². The molecule has 46 heteroatoms. The molecule has 8 N–H and O–H groups in total. The smallest absolute Gasteiger partial charge is 0.471 e. The SMILES string of the molecule is COc1cccc(OCCCNC(=O)C(F)(F)F)c1C1=CC(NC(=O)COc2ccc(Cl)cc2Cl)=NC1.COc1cccc(OCCCNC(=O)C(F)(F)F)c1C1=CC(NC(=O)c2cc3ccccc3oc2=O)=NC1.COc1cccc(OCCCNC(=O)C(F)(F)F)c1C1=CC(NC(=O)c2ccncc2)=NC1.COc1cccc(OCCCNC(=O)C(F)(F)F)c1C1=CC(NCc2ccco2)=NC1. The average Bonchev–Trinajstić information content (AvgIpc) is 1.81. The lowest BCUT2D eigenvalue weighted by molar-refractivity contribution is -0.173. The second kappa shape index (κ2) is 50.5. The Morgan fingerprint density at radius 2 is 0.777 bits per heavy atom. The van der Waals surface area contributed by atoms with E-state index in [1.807, 2.05) is 23.5 Å². The summed E-state index contributed by atoms with van der Waals surface area (Å²) in [5, 5.41) is 19.7. The van der Waals surface area contributed by atoms with Gasteiger partial charge in [0.25, 0.3) is 17.7 Å². The molecule has 3 aromatic heterocycles. The van der Waals surface area contributed by atoms with Crippen molar-refractivity contribution in [2.24, 2.45) is 20.0 Å². The van der Waals surface area contributed by atoms with E-state index in [2.05, 4.69) is 46.2 Å². The van der Waals surface area contributed by atoms with Gasteiger partial charge in [-0.05, 0) is 175 Å². The van der Waals surface area contributed by atoms with Crippen LogP contribution in [0, 0.1) is 0 Å². The van der Waals surface area contributed by atoms with Gasteiger partial charge in [0.1, 0.15) is 92.0 Å². The Labute approximate surface area is 793 Å². The topological polar surface area (TPSA) is 404 Å². The highest BCUT2D eigenvalue weighted by Crippen LogP contribution is 2.42. The molecule has 7 heterocycles. The quantitative estimate of drug-likeness (QED) is 0.0104. The number of nitrogens with zero attached hydrogens (tertiary/aromatic N) is 5. The number of amidine groups is 4. The first-order chi connectivity index (χ1) is 66.4. The van der Waals surface area contributed by atoms with Crippen LogP contribution in [0.1, 0.15) is 74.4 Å². The molecule has 6 aromatic carbocycles. The predicted octanol–water partition coefficient (Wildman–Crippen LogP) is 14.0. The minimum Gasteiger partial charge on any atom is -0.496 e. The number of aliphatic imine (C=N–C) groups is 4. The van der Waals surface area contributed by atoms with Gasteiger partial charge in [0, 0.05) is 54.5 Å². The first-order valence-corrected chi connectivity index (χ1v) is 42.5. The van der Waals surface area contributed by atoms with Crippen molar-refractivity contribution in [3.8, 4) is 51.7 Å². The fraction of sp³-hybridized carbons (Fsp3) is 0.280. The van der Waals surface area contributed by atoms with Crippen LogP contribution in [0.5, 0.6) is 51.7 Å². The number of halogens is 14. The van der Waals surface area contributed by atoms with Crippen molar-refractivity contribution < 1.29 is 138 Å². The summed E-state index contributed by atoms with van der Waals surface area (Å²) in [7, 11) is 5.99. The molecule has 4 aliphatic rings. The fourth-order valence-corrected chi connectivity index (χ4v) is 13.4. The van der Waals surface area contributed by atoms with Gasteiger partial charge in [0.2, 0.25) is 0 Å². The molecule has 13 rings (SSSR count). The molecule has 0 saturated heterocycles. The number of carbonyl (C=O) groups excluding carboxylic acids is 7. The highest BCUT2D eigenvalue weighted by atomic mass is 35.5. The normalized spacial score (nSPS) is 13.1. The Morgan fingerprint density at radius 1 is 0.403 bits per heavy atom. The van der Waals surface area contributed by atoms with E-state index in [0.29, 0.717) is 132 Å². The Hall–Kier alpha value is -15.4. The largest absolute Gasteiger partial charge is 0.496 e. The first kappa shape index (κ1) is 106. The number of amides is 7. The van der Waals surface area contributed by atoms with Crippen LogP contribution in [-0.4, -0.2) is 208 Å². The number of alkyl halides is 12. The fourth-order valence-electron chi connectivity index (χ4n) is 12.9. The number of para-hydroxylation sites is 1. The molecule has 0 atom stereocenters. The number of ether oxygens (including phenoxy) is 9. The van der Waals surface area contributed by atoms with Crippen LogP contribution in [0.25, 0.3) is 33.3 Å². The number of hydrogen-bond acceptors (Lipinski definition) is 25. The van der Waals surface area contributed by atoms with E-state index in [-0.39, 0.29) is 127 Å². The van der Waals surface area contributed by atoms with E-state index in [1.54, 1.807) is 169 Å². The summed E-state index contributed by atoms with van der Waals surface area (Å²) < 4.78 is 208. The summed E-state index contributed by atoms with van der Waals surface area (Å²) in [5.74, 6) is -2.95. The first-order valence-electron chi connectivity index (χ1n) is 41.7. The molecule has 9 aromatic rings. The van der Waals surface area contributed by atoms with E-state index in [4.69, 9.17) is 74.7 Å². The zero-order valence-corrected chi connectivity index (χ0v) is 75.4. The van der Waals surface area contributed by atoms with Gasteiger partial charge in [-0.15, -0.1) is 0 Å². The van der Waals surface area contributed by atoms with Crippen molar-refractivity contribution in [3.05, 3.63) is 248 Å². The minimum atomic E-state index is -4.94. The van der Waals surface area contributed by atoms with Crippen molar-refractivity contribution >= 4 is 121 Å². The molecule has 736 valence electrons. The monoisotopic (exact) mass is 1990 g/mol. The molecule has 7 amide bonds. The molecular formula is C93H87Cl2F12N13O19. The van der Waals surface area contributed by atoms with Gasteiger partial charge >= 0.3 is 54.0 Å². The Bertz CT molecular complexity index is 6210. The van der Waals surface area contributed by atoms with Crippen LogP contribution in [0.3, 0.4) is 0 Å². The third-order valence-corrected chi connectivity index (χ3v) is 19.9. The molecule has 0 saturated carbocycles. The third-order valence-electron chi connectivity index (χ3n) is 19.4. The van der Waals surface area contributed by atoms with E-state index in [0.717, 1.165) is 22.5 Å². The molecule has 32 nitrogen and oxygen atoms in total. The molecule has 0 bridgehead atoms. The Kier molecular flexibility index (Phi) is 38.4. The maximum absolute atomic E-state index is 12.8. The third kappa shape index (κ3) is 31.6. The molecule has 0 unspecified atom stereocenters. The number of furan rings is 1. The van der Waals surface area contributed by atoms with E-state index in [1.165, 1.54) is 45.9 Å². The number of nitrogens with one attached hydrogen (secondary N) is 8. The second-order valence-electron chi connectivity index (χ2n) is 29.1. The van der Waals surface area contributed by atoms with Crippen LogP contribution in [-0.2, 0) is 30.5 Å². The lowest BCUT2D eigenvalue weighted by Gasteiger charge is -2.15. The summed E-state index contributed by atoms with van der Waals surface area (Å²) in [5.41, 5.74) is 5.27. The summed E-state index contributed by atoms with van der Waals surface area (Å²) in [6, 6.07) is 40.3. The van der Waals surface area contributed by atoms with E-state index >= 15 is 0 Å². The molecule has 0 fully saturated rings. The highest BCUT2D eigenvalue weighted by molar-refractivity contribution is 6.35. The number of benzene rings is 6. The van der Waals surface area contributed by atoms with Crippen molar-refractivity contribution in [2.45, 2.75) is 56.9 Å². The maximum atomic E-state index is 12.8. The average molecular weight is 1990 g/mol.